The van der Waals surface area contributed by atoms with Crippen molar-refractivity contribution >= 4 is 52.4 Å². The third-order valence-electron chi connectivity index (χ3n) is 3.22. The van der Waals surface area contributed by atoms with Gasteiger partial charge in [-0.05, 0) is 43.3 Å². The Labute approximate surface area is 159 Å². The van der Waals surface area contributed by atoms with E-state index in [2.05, 4.69) is 5.32 Å². The molecule has 1 atom stereocenters. The zero-order valence-corrected chi connectivity index (χ0v) is 15.6. The molecule has 8 heteroatoms. The van der Waals surface area contributed by atoms with Crippen molar-refractivity contribution in [3.8, 4) is 5.75 Å². The number of ether oxygens (including phenoxy) is 2. The van der Waals surface area contributed by atoms with E-state index in [1.165, 1.54) is 32.2 Å². The van der Waals surface area contributed by atoms with Gasteiger partial charge in [0.15, 0.2) is 6.10 Å². The van der Waals surface area contributed by atoms with Crippen molar-refractivity contribution in [1.29, 1.82) is 0 Å². The van der Waals surface area contributed by atoms with E-state index in [4.69, 9.17) is 44.3 Å². The van der Waals surface area contributed by atoms with E-state index in [9.17, 15) is 9.59 Å². The largest absolute Gasteiger partial charge is 0.496 e. The van der Waals surface area contributed by atoms with Crippen LogP contribution in [0, 0.1) is 0 Å². The molecule has 0 aliphatic carbocycles. The summed E-state index contributed by atoms with van der Waals surface area (Å²) in [6.45, 7) is 1.43. The molecule has 0 heterocycles. The third kappa shape index (κ3) is 5.01. The second-order valence-corrected chi connectivity index (χ2v) is 6.29. The molecule has 2 aromatic rings. The van der Waals surface area contributed by atoms with E-state index in [1.807, 2.05) is 0 Å². The highest BCUT2D eigenvalue weighted by molar-refractivity contribution is 6.35. The molecule has 1 amide bonds. The fourth-order valence-corrected chi connectivity index (χ4v) is 2.45. The SMILES string of the molecule is COc1ccc(Cl)cc1C(=O)O[C@@H](C)C(=O)Nc1cc(Cl)ccc1Cl. The fourth-order valence-electron chi connectivity index (χ4n) is 1.94. The van der Waals surface area contributed by atoms with Crippen LogP contribution >= 0.6 is 34.8 Å². The molecule has 0 unspecified atom stereocenters. The molecule has 0 saturated heterocycles. The maximum absolute atomic E-state index is 12.3. The molecule has 0 saturated carbocycles. The fraction of sp³-hybridized carbons (Fsp3) is 0.176. The number of rotatable bonds is 5. The van der Waals surface area contributed by atoms with E-state index in [1.54, 1.807) is 18.2 Å². The Morgan fingerprint density at radius 2 is 1.68 bits per heavy atom. The number of esters is 1. The van der Waals surface area contributed by atoms with Crippen LogP contribution in [0.15, 0.2) is 36.4 Å². The van der Waals surface area contributed by atoms with Crippen LogP contribution in [-0.2, 0) is 9.53 Å². The van der Waals surface area contributed by atoms with E-state index >= 15 is 0 Å². The molecule has 1 N–H and O–H groups in total. The zero-order valence-electron chi connectivity index (χ0n) is 13.3. The van der Waals surface area contributed by atoms with Gasteiger partial charge in [-0.1, -0.05) is 34.8 Å². The molecular weight excluding hydrogens is 389 g/mol. The minimum atomic E-state index is -1.08. The molecule has 132 valence electrons. The molecule has 25 heavy (non-hydrogen) atoms. The highest BCUT2D eigenvalue weighted by atomic mass is 35.5. The average Bonchev–Trinajstić information content (AvgIpc) is 2.57. The molecule has 5 nitrogen and oxygen atoms in total. The first-order chi connectivity index (χ1) is 11.8. The summed E-state index contributed by atoms with van der Waals surface area (Å²) in [5, 5.41) is 3.62. The molecule has 2 aromatic carbocycles. The van der Waals surface area contributed by atoms with Gasteiger partial charge in [-0.3, -0.25) is 4.79 Å². The number of nitrogens with one attached hydrogen (secondary N) is 1. The summed E-state index contributed by atoms with van der Waals surface area (Å²) in [5.74, 6) is -1.00. The number of benzene rings is 2. The lowest BCUT2D eigenvalue weighted by Crippen LogP contribution is -2.30. The molecule has 0 bridgehead atoms. The second kappa shape index (κ2) is 8.43. The van der Waals surface area contributed by atoms with Gasteiger partial charge in [-0.2, -0.15) is 0 Å². The minimum Gasteiger partial charge on any atom is -0.496 e. The van der Waals surface area contributed by atoms with Gasteiger partial charge in [0, 0.05) is 10.0 Å². The van der Waals surface area contributed by atoms with Crippen LogP contribution in [0.25, 0.3) is 0 Å². The lowest BCUT2D eigenvalue weighted by molar-refractivity contribution is -0.123. The van der Waals surface area contributed by atoms with Gasteiger partial charge in [-0.15, -0.1) is 0 Å². The van der Waals surface area contributed by atoms with Crippen molar-refractivity contribution in [2.75, 3.05) is 12.4 Å². The van der Waals surface area contributed by atoms with E-state index in [0.717, 1.165) is 0 Å². The maximum Gasteiger partial charge on any atom is 0.342 e. The quantitative estimate of drug-likeness (QED) is 0.727. The summed E-state index contributed by atoms with van der Waals surface area (Å²) in [6, 6.07) is 9.16. The average molecular weight is 403 g/mol. The number of hydrogen-bond acceptors (Lipinski definition) is 4. The summed E-state index contributed by atoms with van der Waals surface area (Å²) >= 11 is 17.7. The first-order valence-corrected chi connectivity index (χ1v) is 8.25. The number of hydrogen-bond donors (Lipinski definition) is 1. The van der Waals surface area contributed by atoms with Gasteiger partial charge in [0.1, 0.15) is 11.3 Å². The number of methoxy groups -OCH3 is 1. The first-order valence-electron chi connectivity index (χ1n) is 7.12. The normalized spacial score (nSPS) is 11.6. The zero-order chi connectivity index (χ0) is 18.6. The maximum atomic E-state index is 12.3. The predicted molar refractivity (Wildman–Crippen MR) is 98.0 cm³/mol. The second-order valence-electron chi connectivity index (χ2n) is 5.01. The Kier molecular flexibility index (Phi) is 6.53. The number of amides is 1. The number of anilines is 1. The van der Waals surface area contributed by atoms with Crippen molar-refractivity contribution in [2.45, 2.75) is 13.0 Å². The Balaban J connectivity index is 2.09. The summed E-state index contributed by atoms with van der Waals surface area (Å²) in [6.07, 6.45) is -1.08. The van der Waals surface area contributed by atoms with E-state index in [-0.39, 0.29) is 5.56 Å². The highest BCUT2D eigenvalue weighted by Crippen LogP contribution is 2.26. The predicted octanol–water partition coefficient (Wildman–Crippen LogP) is 4.84. The molecule has 0 aliphatic rings. The van der Waals surface area contributed by atoms with Gasteiger partial charge in [0.2, 0.25) is 0 Å². The summed E-state index contributed by atoms with van der Waals surface area (Å²) in [7, 11) is 1.41. The standard InChI is InChI=1S/C17H14Cl3NO4/c1-9(16(22)21-14-8-11(19)3-5-13(14)20)25-17(23)12-7-10(18)4-6-15(12)24-2/h3-9H,1-2H3,(H,21,22)/t9-/m0/s1. The van der Waals surface area contributed by atoms with Crippen molar-refractivity contribution in [2.24, 2.45) is 0 Å². The molecule has 0 aromatic heterocycles. The number of halogens is 3. The number of carbonyl (C=O) groups is 2. The Morgan fingerprint density at radius 1 is 1.04 bits per heavy atom. The Bertz CT molecular complexity index is 810. The van der Waals surface area contributed by atoms with Crippen molar-refractivity contribution in [3.63, 3.8) is 0 Å². The van der Waals surface area contributed by atoms with Crippen LogP contribution in [0.3, 0.4) is 0 Å². The minimum absolute atomic E-state index is 0.121. The molecule has 0 aliphatic heterocycles. The van der Waals surface area contributed by atoms with Gasteiger partial charge in [-0.25, -0.2) is 4.79 Å². The van der Waals surface area contributed by atoms with Crippen LogP contribution in [-0.4, -0.2) is 25.1 Å². The van der Waals surface area contributed by atoms with Gasteiger partial charge in [0.05, 0.1) is 17.8 Å². The van der Waals surface area contributed by atoms with Crippen LogP contribution < -0.4 is 10.1 Å². The molecule has 0 radical (unpaired) electrons. The van der Waals surface area contributed by atoms with Crippen molar-refractivity contribution in [1.82, 2.24) is 0 Å². The smallest absolute Gasteiger partial charge is 0.342 e. The molecular formula is C17H14Cl3NO4. The summed E-state index contributed by atoms with van der Waals surface area (Å²) in [5.41, 5.74) is 0.442. The lowest BCUT2D eigenvalue weighted by atomic mass is 10.2. The highest BCUT2D eigenvalue weighted by Gasteiger charge is 2.22. The first kappa shape index (κ1) is 19.4. The lowest BCUT2D eigenvalue weighted by Gasteiger charge is -2.15. The van der Waals surface area contributed by atoms with Gasteiger partial charge in [0.25, 0.3) is 5.91 Å². The Morgan fingerprint density at radius 3 is 2.36 bits per heavy atom. The van der Waals surface area contributed by atoms with Crippen molar-refractivity contribution in [3.05, 3.63) is 57.0 Å². The summed E-state index contributed by atoms with van der Waals surface area (Å²) < 4.78 is 10.3. The van der Waals surface area contributed by atoms with Crippen LogP contribution in [0.4, 0.5) is 5.69 Å². The number of carbonyl (C=O) groups excluding carboxylic acids is 2. The van der Waals surface area contributed by atoms with Crippen molar-refractivity contribution < 1.29 is 19.1 Å². The van der Waals surface area contributed by atoms with Gasteiger partial charge < -0.3 is 14.8 Å². The molecule has 2 rings (SSSR count). The van der Waals surface area contributed by atoms with E-state index < -0.39 is 18.0 Å². The Hall–Kier alpha value is -1.95. The molecule has 0 spiro atoms. The van der Waals surface area contributed by atoms with E-state index in [0.29, 0.717) is 26.5 Å². The monoisotopic (exact) mass is 401 g/mol. The summed E-state index contributed by atoms with van der Waals surface area (Å²) in [4.78, 5) is 24.5. The van der Waals surface area contributed by atoms with Crippen LogP contribution in [0.1, 0.15) is 17.3 Å². The van der Waals surface area contributed by atoms with Crippen LogP contribution in [0.5, 0.6) is 5.75 Å². The van der Waals surface area contributed by atoms with Crippen LogP contribution in [0.2, 0.25) is 15.1 Å². The molecule has 0 fully saturated rings. The third-order valence-corrected chi connectivity index (χ3v) is 4.02. The topological polar surface area (TPSA) is 64.6 Å². The van der Waals surface area contributed by atoms with Gasteiger partial charge >= 0.3 is 5.97 Å².